The number of hydrogen-bond acceptors (Lipinski definition) is 3. The number of rotatable bonds is 5. The number of halogens is 3. The number of alkyl halides is 3. The highest BCUT2D eigenvalue weighted by Gasteiger charge is 2.35. The zero-order chi connectivity index (χ0) is 17.9. The van der Waals surface area contributed by atoms with Gasteiger partial charge < -0.3 is 15.4 Å². The second kappa shape index (κ2) is 6.94. The standard InChI is InChI=1S/C16H17F3N2O3/c1-2-7-24-13-4-3-11(16(17,18)19)8-12(13)15(23)21-6-5-10(9-21)14(20)22/h2-4,8,10H,1,5-7,9H2,(H2,20,22)/t10-/m1/s1. The molecule has 1 saturated heterocycles. The molecule has 1 atom stereocenters. The van der Waals surface area contributed by atoms with Gasteiger partial charge in [0, 0.05) is 13.1 Å². The number of nitrogens with zero attached hydrogens (tertiary/aromatic N) is 1. The Bertz CT molecular complexity index is 658. The molecule has 0 spiro atoms. The summed E-state index contributed by atoms with van der Waals surface area (Å²) in [6, 6.07) is 2.73. The Morgan fingerprint density at radius 1 is 1.42 bits per heavy atom. The molecule has 2 rings (SSSR count). The summed E-state index contributed by atoms with van der Waals surface area (Å²) in [6.07, 6.45) is -2.76. The van der Waals surface area contributed by atoms with Gasteiger partial charge in [-0.15, -0.1) is 0 Å². The summed E-state index contributed by atoms with van der Waals surface area (Å²) >= 11 is 0. The number of ether oxygens (including phenoxy) is 1. The maximum absolute atomic E-state index is 12.9. The van der Waals surface area contributed by atoms with Crippen molar-refractivity contribution in [2.45, 2.75) is 12.6 Å². The Morgan fingerprint density at radius 2 is 2.12 bits per heavy atom. The van der Waals surface area contributed by atoms with Crippen LogP contribution in [0, 0.1) is 5.92 Å². The van der Waals surface area contributed by atoms with Crippen LogP contribution in [0.2, 0.25) is 0 Å². The SMILES string of the molecule is C=CCOc1ccc(C(F)(F)F)cc1C(=O)N1CC[C@@H](C(N)=O)C1. The molecule has 0 saturated carbocycles. The van der Waals surface area contributed by atoms with E-state index < -0.39 is 29.5 Å². The summed E-state index contributed by atoms with van der Waals surface area (Å²) in [4.78, 5) is 25.1. The van der Waals surface area contributed by atoms with Crippen LogP contribution in [0.5, 0.6) is 5.75 Å². The van der Waals surface area contributed by atoms with Crippen molar-refractivity contribution in [3.8, 4) is 5.75 Å². The van der Waals surface area contributed by atoms with Crippen molar-refractivity contribution in [2.24, 2.45) is 11.7 Å². The number of primary amides is 1. The summed E-state index contributed by atoms with van der Waals surface area (Å²) in [6.45, 7) is 3.86. The number of hydrogen-bond donors (Lipinski definition) is 1. The lowest BCUT2D eigenvalue weighted by Crippen LogP contribution is -2.32. The van der Waals surface area contributed by atoms with Gasteiger partial charge in [0.1, 0.15) is 12.4 Å². The molecule has 24 heavy (non-hydrogen) atoms. The molecular weight excluding hydrogens is 325 g/mol. The fourth-order valence-electron chi connectivity index (χ4n) is 2.50. The Labute approximate surface area is 136 Å². The maximum atomic E-state index is 12.9. The van der Waals surface area contributed by atoms with E-state index in [1.165, 1.54) is 11.0 Å². The minimum Gasteiger partial charge on any atom is -0.489 e. The Kier molecular flexibility index (Phi) is 5.16. The van der Waals surface area contributed by atoms with Gasteiger partial charge in [0.15, 0.2) is 0 Å². The van der Waals surface area contributed by atoms with Crippen LogP contribution >= 0.6 is 0 Å². The highest BCUT2D eigenvalue weighted by Crippen LogP contribution is 2.33. The van der Waals surface area contributed by atoms with Gasteiger partial charge in [-0.1, -0.05) is 12.7 Å². The van der Waals surface area contributed by atoms with Crippen molar-refractivity contribution >= 4 is 11.8 Å². The van der Waals surface area contributed by atoms with E-state index in [9.17, 15) is 22.8 Å². The van der Waals surface area contributed by atoms with Gasteiger partial charge in [0.25, 0.3) is 5.91 Å². The Hall–Kier alpha value is -2.51. The van der Waals surface area contributed by atoms with Gasteiger partial charge in [0.05, 0.1) is 17.0 Å². The summed E-state index contributed by atoms with van der Waals surface area (Å²) < 4.78 is 44.0. The van der Waals surface area contributed by atoms with Crippen LogP contribution < -0.4 is 10.5 Å². The van der Waals surface area contributed by atoms with Crippen molar-refractivity contribution in [1.82, 2.24) is 4.90 Å². The molecule has 5 nitrogen and oxygen atoms in total. The van der Waals surface area contributed by atoms with Crippen LogP contribution in [0.1, 0.15) is 22.3 Å². The highest BCUT2D eigenvalue weighted by molar-refractivity contribution is 5.97. The van der Waals surface area contributed by atoms with Crippen molar-refractivity contribution in [2.75, 3.05) is 19.7 Å². The third kappa shape index (κ3) is 3.87. The monoisotopic (exact) mass is 342 g/mol. The molecule has 0 aliphatic carbocycles. The number of benzene rings is 1. The van der Waals surface area contributed by atoms with Gasteiger partial charge in [-0.2, -0.15) is 13.2 Å². The summed E-state index contributed by atoms with van der Waals surface area (Å²) in [5.74, 6) is -1.60. The second-order valence-electron chi connectivity index (χ2n) is 5.45. The van der Waals surface area contributed by atoms with E-state index in [0.29, 0.717) is 6.42 Å². The van der Waals surface area contributed by atoms with Gasteiger partial charge in [-0.3, -0.25) is 9.59 Å². The number of carbonyl (C=O) groups is 2. The van der Waals surface area contributed by atoms with E-state index in [2.05, 4.69) is 6.58 Å². The molecule has 1 fully saturated rings. The number of carbonyl (C=O) groups excluding carboxylic acids is 2. The van der Waals surface area contributed by atoms with Crippen LogP contribution in [0.3, 0.4) is 0 Å². The lowest BCUT2D eigenvalue weighted by Gasteiger charge is -2.19. The first-order valence-corrected chi connectivity index (χ1v) is 7.27. The summed E-state index contributed by atoms with van der Waals surface area (Å²) in [5.41, 5.74) is 4.07. The molecular formula is C16H17F3N2O3. The van der Waals surface area contributed by atoms with Gasteiger partial charge >= 0.3 is 6.18 Å². The van der Waals surface area contributed by atoms with Crippen LogP contribution in [0.4, 0.5) is 13.2 Å². The second-order valence-corrected chi connectivity index (χ2v) is 5.45. The first-order valence-electron chi connectivity index (χ1n) is 7.27. The molecule has 1 aromatic carbocycles. The molecule has 1 aliphatic heterocycles. The fraction of sp³-hybridized carbons (Fsp3) is 0.375. The first-order chi connectivity index (χ1) is 11.2. The molecule has 0 radical (unpaired) electrons. The average Bonchev–Trinajstić information content (AvgIpc) is 3.01. The number of amides is 2. The molecule has 2 N–H and O–H groups in total. The van der Waals surface area contributed by atoms with E-state index in [0.717, 1.165) is 18.2 Å². The minimum atomic E-state index is -4.58. The lowest BCUT2D eigenvalue weighted by atomic mass is 10.1. The normalized spacial score (nSPS) is 17.6. The number of likely N-dealkylation sites (tertiary alicyclic amines) is 1. The van der Waals surface area contributed by atoms with Gasteiger partial charge in [-0.05, 0) is 24.6 Å². The van der Waals surface area contributed by atoms with E-state index in [1.54, 1.807) is 0 Å². The molecule has 130 valence electrons. The van der Waals surface area contributed by atoms with E-state index >= 15 is 0 Å². The van der Waals surface area contributed by atoms with Crippen molar-refractivity contribution < 1.29 is 27.5 Å². The minimum absolute atomic E-state index is 0.0374. The van der Waals surface area contributed by atoms with E-state index in [1.807, 2.05) is 0 Å². The molecule has 8 heteroatoms. The molecule has 1 aromatic rings. The van der Waals surface area contributed by atoms with E-state index in [4.69, 9.17) is 10.5 Å². The molecule has 2 amide bonds. The first kappa shape index (κ1) is 17.8. The van der Waals surface area contributed by atoms with Gasteiger partial charge in [0.2, 0.25) is 5.91 Å². The van der Waals surface area contributed by atoms with Crippen LogP contribution in [0.15, 0.2) is 30.9 Å². The molecule has 0 unspecified atom stereocenters. The molecule has 0 bridgehead atoms. The molecule has 0 aromatic heterocycles. The van der Waals surface area contributed by atoms with Gasteiger partial charge in [-0.25, -0.2) is 0 Å². The van der Waals surface area contributed by atoms with Crippen LogP contribution in [-0.4, -0.2) is 36.4 Å². The van der Waals surface area contributed by atoms with Crippen molar-refractivity contribution in [3.63, 3.8) is 0 Å². The number of nitrogens with two attached hydrogens (primary N) is 1. The van der Waals surface area contributed by atoms with E-state index in [-0.39, 0.29) is 31.0 Å². The predicted octanol–water partition coefficient (Wildman–Crippen LogP) is 2.22. The third-order valence-corrected chi connectivity index (χ3v) is 3.77. The van der Waals surface area contributed by atoms with Crippen molar-refractivity contribution in [1.29, 1.82) is 0 Å². The topological polar surface area (TPSA) is 72.6 Å². The molecule has 1 heterocycles. The summed E-state index contributed by atoms with van der Waals surface area (Å²) in [7, 11) is 0. The zero-order valence-electron chi connectivity index (χ0n) is 12.8. The maximum Gasteiger partial charge on any atom is 0.416 e. The third-order valence-electron chi connectivity index (χ3n) is 3.77. The Balaban J connectivity index is 2.32. The largest absolute Gasteiger partial charge is 0.489 e. The lowest BCUT2D eigenvalue weighted by molar-refractivity contribution is -0.137. The Morgan fingerprint density at radius 3 is 2.67 bits per heavy atom. The van der Waals surface area contributed by atoms with Crippen LogP contribution in [-0.2, 0) is 11.0 Å². The quantitative estimate of drug-likeness (QED) is 0.834. The fourth-order valence-corrected chi connectivity index (χ4v) is 2.50. The highest BCUT2D eigenvalue weighted by atomic mass is 19.4. The average molecular weight is 342 g/mol. The van der Waals surface area contributed by atoms with Crippen molar-refractivity contribution in [3.05, 3.63) is 42.0 Å². The predicted molar refractivity (Wildman–Crippen MR) is 80.3 cm³/mol. The van der Waals surface area contributed by atoms with Crippen LogP contribution in [0.25, 0.3) is 0 Å². The summed E-state index contributed by atoms with van der Waals surface area (Å²) in [5, 5.41) is 0. The smallest absolute Gasteiger partial charge is 0.416 e. The zero-order valence-corrected chi connectivity index (χ0v) is 12.8. The molecule has 1 aliphatic rings.